The van der Waals surface area contributed by atoms with E-state index in [1.165, 1.54) is 5.56 Å². The van der Waals surface area contributed by atoms with Crippen LogP contribution < -0.4 is 11.3 Å². The third kappa shape index (κ3) is 4.21. The molecule has 0 heterocycles. The third-order valence-corrected chi connectivity index (χ3v) is 4.41. The van der Waals surface area contributed by atoms with E-state index < -0.39 is 0 Å². The van der Waals surface area contributed by atoms with E-state index in [4.69, 9.17) is 29.0 Å². The minimum Gasteiger partial charge on any atom is -0.271 e. The van der Waals surface area contributed by atoms with Crippen LogP contribution in [0.25, 0.3) is 0 Å². The molecule has 2 nitrogen and oxygen atoms in total. The maximum absolute atomic E-state index is 6.27. The lowest BCUT2D eigenvalue weighted by molar-refractivity contribution is 0.427. The van der Waals surface area contributed by atoms with Gasteiger partial charge in [0.15, 0.2) is 0 Å². The number of rotatable bonds is 6. The van der Waals surface area contributed by atoms with Crippen molar-refractivity contribution in [2.24, 2.45) is 5.84 Å². The first-order valence-electron chi connectivity index (χ1n) is 7.10. The summed E-state index contributed by atoms with van der Waals surface area (Å²) < 4.78 is 0. The molecule has 2 aromatic carbocycles. The molecule has 2 rings (SSSR count). The Kier molecular flexibility index (Phi) is 6.07. The molecule has 0 amide bonds. The average Bonchev–Trinajstić information content (AvgIpc) is 2.50. The van der Waals surface area contributed by atoms with Crippen LogP contribution in [0.2, 0.25) is 10.0 Å². The predicted molar refractivity (Wildman–Crippen MR) is 90.8 cm³/mol. The van der Waals surface area contributed by atoms with Gasteiger partial charge in [0.25, 0.3) is 0 Å². The molecule has 0 aromatic heterocycles. The Hall–Kier alpha value is -1.06. The molecule has 0 aliphatic rings. The zero-order chi connectivity index (χ0) is 15.2. The second kappa shape index (κ2) is 7.81. The molecule has 0 spiro atoms. The van der Waals surface area contributed by atoms with Crippen molar-refractivity contribution in [3.8, 4) is 0 Å². The molecule has 112 valence electrons. The fourth-order valence-corrected chi connectivity index (χ4v) is 3.18. The highest BCUT2D eigenvalue weighted by molar-refractivity contribution is 6.35. The highest BCUT2D eigenvalue weighted by Gasteiger charge is 2.21. The van der Waals surface area contributed by atoms with Gasteiger partial charge in [0.2, 0.25) is 0 Å². The van der Waals surface area contributed by atoms with Crippen molar-refractivity contribution in [1.82, 2.24) is 5.43 Å². The lowest BCUT2D eigenvalue weighted by Gasteiger charge is -2.26. The van der Waals surface area contributed by atoms with E-state index in [0.29, 0.717) is 16.0 Å². The van der Waals surface area contributed by atoms with Gasteiger partial charge < -0.3 is 0 Å². The second-order valence-corrected chi connectivity index (χ2v) is 5.98. The molecule has 2 aromatic rings. The Morgan fingerprint density at radius 3 is 2.38 bits per heavy atom. The van der Waals surface area contributed by atoms with Crippen LogP contribution in [0.4, 0.5) is 0 Å². The van der Waals surface area contributed by atoms with E-state index in [2.05, 4.69) is 36.6 Å². The Bertz CT molecular complexity index is 572. The van der Waals surface area contributed by atoms with Gasteiger partial charge in [0.1, 0.15) is 0 Å². The summed E-state index contributed by atoms with van der Waals surface area (Å²) in [4.78, 5) is 0. The summed E-state index contributed by atoms with van der Waals surface area (Å²) >= 11 is 12.2. The van der Waals surface area contributed by atoms with Crippen LogP contribution in [0.3, 0.4) is 0 Å². The van der Waals surface area contributed by atoms with E-state index in [0.717, 1.165) is 18.4 Å². The zero-order valence-corrected chi connectivity index (χ0v) is 13.5. The van der Waals surface area contributed by atoms with Crippen molar-refractivity contribution < 1.29 is 0 Å². The summed E-state index contributed by atoms with van der Waals surface area (Å²) in [5.41, 5.74) is 5.29. The lowest BCUT2D eigenvalue weighted by Crippen LogP contribution is -2.41. The first-order valence-corrected chi connectivity index (χ1v) is 7.86. The largest absolute Gasteiger partial charge is 0.271 e. The number of hydrogen-bond donors (Lipinski definition) is 2. The zero-order valence-electron chi connectivity index (χ0n) is 12.0. The van der Waals surface area contributed by atoms with Crippen molar-refractivity contribution >= 4 is 23.2 Å². The van der Waals surface area contributed by atoms with Crippen molar-refractivity contribution in [3.05, 3.63) is 69.7 Å². The van der Waals surface area contributed by atoms with E-state index in [1.54, 1.807) is 6.07 Å². The van der Waals surface area contributed by atoms with Gasteiger partial charge in [-0.05, 0) is 36.1 Å². The molecule has 2 unspecified atom stereocenters. The molecular formula is C17H20Cl2N2. The predicted octanol–water partition coefficient (Wildman–Crippen LogP) is 4.56. The monoisotopic (exact) mass is 322 g/mol. The molecule has 2 atom stereocenters. The SMILES string of the molecule is CCC(c1ccccc1)C(Cc1ccc(Cl)cc1Cl)NN. The number of hydrazine groups is 1. The minimum absolute atomic E-state index is 0.121. The van der Waals surface area contributed by atoms with Crippen molar-refractivity contribution in [2.45, 2.75) is 31.7 Å². The molecule has 0 aliphatic heterocycles. The maximum Gasteiger partial charge on any atom is 0.0453 e. The summed E-state index contributed by atoms with van der Waals surface area (Å²) in [6, 6.07) is 16.1. The molecule has 3 N–H and O–H groups in total. The Labute approximate surface area is 136 Å². The van der Waals surface area contributed by atoms with E-state index in [9.17, 15) is 0 Å². The quantitative estimate of drug-likeness (QED) is 0.604. The van der Waals surface area contributed by atoms with E-state index >= 15 is 0 Å². The van der Waals surface area contributed by atoms with Crippen LogP contribution in [-0.2, 0) is 6.42 Å². The Morgan fingerprint density at radius 2 is 1.81 bits per heavy atom. The number of hydrogen-bond acceptors (Lipinski definition) is 2. The van der Waals surface area contributed by atoms with Crippen LogP contribution in [0.1, 0.15) is 30.4 Å². The highest BCUT2D eigenvalue weighted by atomic mass is 35.5. The van der Waals surface area contributed by atoms with Crippen LogP contribution in [0, 0.1) is 0 Å². The van der Waals surface area contributed by atoms with Crippen molar-refractivity contribution in [1.29, 1.82) is 0 Å². The molecule has 0 saturated heterocycles. The Morgan fingerprint density at radius 1 is 1.10 bits per heavy atom. The first-order chi connectivity index (χ1) is 10.2. The maximum atomic E-state index is 6.27. The van der Waals surface area contributed by atoms with Crippen LogP contribution in [0.15, 0.2) is 48.5 Å². The topological polar surface area (TPSA) is 38.0 Å². The van der Waals surface area contributed by atoms with Crippen molar-refractivity contribution in [2.75, 3.05) is 0 Å². The number of nitrogens with one attached hydrogen (secondary N) is 1. The summed E-state index contributed by atoms with van der Waals surface area (Å²) in [5.74, 6) is 6.13. The van der Waals surface area contributed by atoms with E-state index in [1.807, 2.05) is 18.2 Å². The average molecular weight is 323 g/mol. The molecule has 21 heavy (non-hydrogen) atoms. The van der Waals surface area contributed by atoms with Gasteiger partial charge in [-0.25, -0.2) is 0 Å². The summed E-state index contributed by atoms with van der Waals surface area (Å²) in [5, 5.41) is 1.33. The minimum atomic E-state index is 0.121. The van der Waals surface area contributed by atoms with Gasteiger partial charge in [-0.2, -0.15) is 0 Å². The van der Waals surface area contributed by atoms with Gasteiger partial charge in [0, 0.05) is 22.0 Å². The highest BCUT2D eigenvalue weighted by Crippen LogP contribution is 2.28. The molecule has 0 saturated carbocycles. The Balaban J connectivity index is 2.22. The smallest absolute Gasteiger partial charge is 0.0453 e. The van der Waals surface area contributed by atoms with E-state index in [-0.39, 0.29) is 6.04 Å². The molecule has 0 bridgehead atoms. The summed E-state index contributed by atoms with van der Waals surface area (Å²) in [7, 11) is 0. The van der Waals surface area contributed by atoms with Crippen molar-refractivity contribution in [3.63, 3.8) is 0 Å². The fourth-order valence-electron chi connectivity index (χ4n) is 2.69. The van der Waals surface area contributed by atoms with Gasteiger partial charge in [-0.15, -0.1) is 0 Å². The summed E-state index contributed by atoms with van der Waals surface area (Å²) in [6.45, 7) is 2.17. The molecule has 0 aliphatic carbocycles. The molecule has 0 radical (unpaired) electrons. The standard InChI is InChI=1S/C17H20Cl2N2/c1-2-15(12-6-4-3-5-7-12)17(21-20)10-13-8-9-14(18)11-16(13)19/h3-9,11,15,17,21H,2,10,20H2,1H3. The van der Waals surface area contributed by atoms with Crippen LogP contribution >= 0.6 is 23.2 Å². The number of benzene rings is 2. The van der Waals surface area contributed by atoms with Gasteiger partial charge in [0.05, 0.1) is 0 Å². The second-order valence-electron chi connectivity index (χ2n) is 5.14. The molecule has 0 fully saturated rings. The fraction of sp³-hybridized carbons (Fsp3) is 0.294. The number of halogens is 2. The first kappa shape index (κ1) is 16.3. The van der Waals surface area contributed by atoms with Gasteiger partial charge >= 0.3 is 0 Å². The van der Waals surface area contributed by atoms with Gasteiger partial charge in [-0.1, -0.05) is 66.5 Å². The third-order valence-electron chi connectivity index (χ3n) is 3.82. The van der Waals surface area contributed by atoms with Crippen LogP contribution in [-0.4, -0.2) is 6.04 Å². The number of nitrogens with two attached hydrogens (primary N) is 1. The molecular weight excluding hydrogens is 303 g/mol. The normalized spacial score (nSPS) is 13.9. The lowest BCUT2D eigenvalue weighted by atomic mass is 9.86. The van der Waals surface area contributed by atoms with Gasteiger partial charge in [-0.3, -0.25) is 11.3 Å². The summed E-state index contributed by atoms with van der Waals surface area (Å²) in [6.07, 6.45) is 1.77. The van der Waals surface area contributed by atoms with Crippen LogP contribution in [0.5, 0.6) is 0 Å². The molecule has 4 heteroatoms.